The van der Waals surface area contributed by atoms with Gasteiger partial charge in [-0.25, -0.2) is 4.98 Å². The highest BCUT2D eigenvalue weighted by Gasteiger charge is 2.06. The minimum absolute atomic E-state index is 0.264. The van der Waals surface area contributed by atoms with E-state index in [0.717, 1.165) is 10.7 Å². The molecule has 12 heavy (non-hydrogen) atoms. The lowest BCUT2D eigenvalue weighted by Gasteiger charge is -2.06. The quantitative estimate of drug-likeness (QED) is 0.717. The monoisotopic (exact) mass is 180 g/mol. The fourth-order valence-electron chi connectivity index (χ4n) is 0.870. The molecule has 64 valence electrons. The minimum Gasteiger partial charge on any atom is -0.297 e. The highest BCUT2D eigenvalue weighted by Crippen LogP contribution is 2.16. The number of nitrogens with one attached hydrogen (secondary N) is 1. The second-order valence-corrected chi connectivity index (χ2v) is 3.52. The van der Waals surface area contributed by atoms with E-state index in [1.165, 1.54) is 0 Å². The summed E-state index contributed by atoms with van der Waals surface area (Å²) in [6, 6.07) is 0.264. The molecule has 0 bridgehead atoms. The van der Waals surface area contributed by atoms with E-state index >= 15 is 0 Å². The number of nitrogens with zero attached hydrogens (tertiary/aromatic N) is 1. The molecule has 0 aliphatic carbocycles. The van der Waals surface area contributed by atoms with Gasteiger partial charge in [0.15, 0.2) is 0 Å². The van der Waals surface area contributed by atoms with Gasteiger partial charge in [-0.2, -0.15) is 0 Å². The van der Waals surface area contributed by atoms with Gasteiger partial charge < -0.3 is 0 Å². The summed E-state index contributed by atoms with van der Waals surface area (Å²) in [5, 5.41) is 6.32. The summed E-state index contributed by atoms with van der Waals surface area (Å²) in [5.41, 5.74) is 1.07. The number of thiazole rings is 1. The third-order valence-corrected chi connectivity index (χ3v) is 2.66. The first-order chi connectivity index (χ1) is 5.74. The molecule has 0 aromatic carbocycles. The Balaban J connectivity index is 2.54. The lowest BCUT2D eigenvalue weighted by molar-refractivity contribution is 0.618. The Hall–Kier alpha value is -0.850. The molecular formula is C9H12N2S. The van der Waals surface area contributed by atoms with Crippen LogP contribution in [-0.4, -0.2) is 11.5 Å². The lowest BCUT2D eigenvalue weighted by atomic mass is 10.3. The molecule has 1 N–H and O–H groups in total. The molecule has 3 heteroatoms. The maximum absolute atomic E-state index is 5.13. The van der Waals surface area contributed by atoms with Gasteiger partial charge in [0.05, 0.1) is 12.6 Å². The second-order valence-electron chi connectivity index (χ2n) is 2.63. The molecule has 0 saturated carbocycles. The largest absolute Gasteiger partial charge is 0.297 e. The molecule has 1 aromatic heterocycles. The average Bonchev–Trinajstić information content (AvgIpc) is 2.47. The molecule has 0 fully saturated rings. The topological polar surface area (TPSA) is 24.9 Å². The SMILES string of the molecule is C#CCNC(C)c1nc(C)cs1. The van der Waals surface area contributed by atoms with Gasteiger partial charge in [0.2, 0.25) is 0 Å². The Morgan fingerprint density at radius 1 is 1.83 bits per heavy atom. The van der Waals surface area contributed by atoms with E-state index in [-0.39, 0.29) is 6.04 Å². The maximum Gasteiger partial charge on any atom is 0.110 e. The molecule has 0 amide bonds. The Labute approximate surface area is 77.0 Å². The third kappa shape index (κ3) is 2.33. The molecular weight excluding hydrogens is 168 g/mol. The number of aromatic nitrogens is 1. The van der Waals surface area contributed by atoms with Crippen LogP contribution in [0.25, 0.3) is 0 Å². The van der Waals surface area contributed by atoms with Crippen molar-refractivity contribution in [1.82, 2.24) is 10.3 Å². The first-order valence-electron chi connectivity index (χ1n) is 3.83. The van der Waals surface area contributed by atoms with Crippen LogP contribution in [0.1, 0.15) is 23.7 Å². The van der Waals surface area contributed by atoms with Crippen LogP contribution in [0.2, 0.25) is 0 Å². The summed E-state index contributed by atoms with van der Waals surface area (Å²) in [7, 11) is 0. The van der Waals surface area contributed by atoms with Gasteiger partial charge in [-0.1, -0.05) is 5.92 Å². The molecule has 1 rings (SSSR count). The zero-order valence-electron chi connectivity index (χ0n) is 7.29. The van der Waals surface area contributed by atoms with Gasteiger partial charge in [-0.3, -0.25) is 5.32 Å². The summed E-state index contributed by atoms with van der Waals surface area (Å²) in [6.45, 7) is 4.66. The summed E-state index contributed by atoms with van der Waals surface area (Å²) in [4.78, 5) is 4.35. The van der Waals surface area contributed by atoms with Crippen LogP contribution in [0.4, 0.5) is 0 Å². The van der Waals surface area contributed by atoms with E-state index in [1.54, 1.807) is 11.3 Å². The van der Waals surface area contributed by atoms with Crippen LogP contribution in [-0.2, 0) is 0 Å². The highest BCUT2D eigenvalue weighted by molar-refractivity contribution is 7.09. The summed E-state index contributed by atoms with van der Waals surface area (Å²) < 4.78 is 0. The predicted octanol–water partition coefficient (Wildman–Crippen LogP) is 1.74. The zero-order chi connectivity index (χ0) is 8.97. The minimum atomic E-state index is 0.264. The standard InChI is InChI=1S/C9H12N2S/c1-4-5-10-8(3)9-11-7(2)6-12-9/h1,6,8,10H,5H2,2-3H3. The van der Waals surface area contributed by atoms with Crippen LogP contribution in [0.5, 0.6) is 0 Å². The fourth-order valence-corrected chi connectivity index (χ4v) is 1.70. The number of rotatable bonds is 3. The van der Waals surface area contributed by atoms with E-state index in [0.29, 0.717) is 6.54 Å². The van der Waals surface area contributed by atoms with Crippen LogP contribution < -0.4 is 5.32 Å². The fraction of sp³-hybridized carbons (Fsp3) is 0.444. The number of hydrogen-bond acceptors (Lipinski definition) is 3. The van der Waals surface area contributed by atoms with Crippen molar-refractivity contribution in [1.29, 1.82) is 0 Å². The predicted molar refractivity (Wildman–Crippen MR) is 52.1 cm³/mol. The van der Waals surface area contributed by atoms with E-state index in [1.807, 2.05) is 12.3 Å². The number of aryl methyl sites for hydroxylation is 1. The van der Waals surface area contributed by atoms with Gasteiger partial charge >= 0.3 is 0 Å². The first kappa shape index (κ1) is 9.24. The van der Waals surface area contributed by atoms with Crippen LogP contribution >= 0.6 is 11.3 Å². The molecule has 0 radical (unpaired) electrons. The Morgan fingerprint density at radius 2 is 2.58 bits per heavy atom. The van der Waals surface area contributed by atoms with Crippen molar-refractivity contribution in [3.05, 3.63) is 16.1 Å². The maximum atomic E-state index is 5.13. The van der Waals surface area contributed by atoms with Crippen molar-refractivity contribution < 1.29 is 0 Å². The smallest absolute Gasteiger partial charge is 0.110 e. The van der Waals surface area contributed by atoms with E-state index < -0.39 is 0 Å². The van der Waals surface area contributed by atoms with Crippen LogP contribution in [0.3, 0.4) is 0 Å². The Kier molecular flexibility index (Phi) is 3.27. The van der Waals surface area contributed by atoms with Crippen molar-refractivity contribution in [3.8, 4) is 12.3 Å². The van der Waals surface area contributed by atoms with Crippen molar-refractivity contribution in [3.63, 3.8) is 0 Å². The van der Waals surface area contributed by atoms with Gasteiger partial charge in [0.1, 0.15) is 5.01 Å². The molecule has 0 aliphatic heterocycles. The zero-order valence-corrected chi connectivity index (χ0v) is 8.11. The Morgan fingerprint density at radius 3 is 3.08 bits per heavy atom. The summed E-state index contributed by atoms with van der Waals surface area (Å²) >= 11 is 1.67. The molecule has 1 atom stereocenters. The van der Waals surface area contributed by atoms with Crippen LogP contribution in [0.15, 0.2) is 5.38 Å². The van der Waals surface area contributed by atoms with E-state index in [9.17, 15) is 0 Å². The average molecular weight is 180 g/mol. The summed E-state index contributed by atoms with van der Waals surface area (Å²) in [5.74, 6) is 2.54. The molecule has 1 aromatic rings. The molecule has 1 heterocycles. The lowest BCUT2D eigenvalue weighted by Crippen LogP contribution is -2.18. The molecule has 0 aliphatic rings. The second kappa shape index (κ2) is 4.24. The molecule has 2 nitrogen and oxygen atoms in total. The Bertz CT molecular complexity index is 285. The van der Waals surface area contributed by atoms with E-state index in [2.05, 4.69) is 23.1 Å². The van der Waals surface area contributed by atoms with Gasteiger partial charge in [0.25, 0.3) is 0 Å². The van der Waals surface area contributed by atoms with E-state index in [4.69, 9.17) is 6.42 Å². The van der Waals surface area contributed by atoms with Crippen molar-refractivity contribution in [2.75, 3.05) is 6.54 Å². The number of terminal acetylenes is 1. The van der Waals surface area contributed by atoms with Crippen molar-refractivity contribution in [2.24, 2.45) is 0 Å². The van der Waals surface area contributed by atoms with Gasteiger partial charge in [0, 0.05) is 11.1 Å². The van der Waals surface area contributed by atoms with Crippen molar-refractivity contribution in [2.45, 2.75) is 19.9 Å². The normalized spacial score (nSPS) is 12.4. The van der Waals surface area contributed by atoms with Gasteiger partial charge in [-0.15, -0.1) is 17.8 Å². The molecule has 0 saturated heterocycles. The summed E-state index contributed by atoms with van der Waals surface area (Å²) in [6.07, 6.45) is 5.13. The van der Waals surface area contributed by atoms with Gasteiger partial charge in [-0.05, 0) is 13.8 Å². The molecule has 0 spiro atoms. The number of hydrogen-bond donors (Lipinski definition) is 1. The highest BCUT2D eigenvalue weighted by atomic mass is 32.1. The van der Waals surface area contributed by atoms with Crippen LogP contribution in [0, 0.1) is 19.3 Å². The first-order valence-corrected chi connectivity index (χ1v) is 4.71. The van der Waals surface area contributed by atoms with Crippen molar-refractivity contribution >= 4 is 11.3 Å². The third-order valence-electron chi connectivity index (χ3n) is 1.52. The molecule has 1 unspecified atom stereocenters.